The van der Waals surface area contributed by atoms with Gasteiger partial charge in [-0.1, -0.05) is 68.4 Å². The maximum absolute atomic E-state index is 4.44. The van der Waals surface area contributed by atoms with Gasteiger partial charge in [0.2, 0.25) is 0 Å². The number of hydrogen-bond donors (Lipinski definition) is 0. The van der Waals surface area contributed by atoms with Crippen molar-refractivity contribution in [3.63, 3.8) is 0 Å². The van der Waals surface area contributed by atoms with Crippen molar-refractivity contribution in [2.45, 2.75) is 85.5 Å². The molecule has 0 saturated heterocycles. The van der Waals surface area contributed by atoms with E-state index in [-0.39, 0.29) is 10.8 Å². The Morgan fingerprint density at radius 1 is 0.880 bits per heavy atom. The van der Waals surface area contributed by atoms with Crippen molar-refractivity contribution < 1.29 is 0 Å². The number of aromatic nitrogens is 2. The smallest absolute Gasteiger partial charge is 0.0466 e. The number of pyridine rings is 2. The maximum Gasteiger partial charge on any atom is 0.0466 e. The van der Waals surface area contributed by atoms with Gasteiger partial charge in [0, 0.05) is 24.3 Å². The standard InChI is InChI=1S/C12H19N.C11H17N/c1-9(2)11-10(12(3,4)5)7-6-8-13-11;1-5-9-6-7-12-8-10(9)11(2,3)4/h6-9H,1-5H3;6-8H,5H2,1-4H3. The van der Waals surface area contributed by atoms with Gasteiger partial charge in [-0.25, -0.2) is 0 Å². The molecule has 2 aromatic heterocycles. The van der Waals surface area contributed by atoms with E-state index in [1.54, 1.807) is 0 Å². The van der Waals surface area contributed by atoms with Gasteiger partial charge in [0.15, 0.2) is 0 Å². The zero-order valence-corrected chi connectivity index (χ0v) is 17.6. The van der Waals surface area contributed by atoms with Gasteiger partial charge < -0.3 is 0 Å². The molecule has 138 valence electrons. The molecule has 0 amide bonds. The van der Waals surface area contributed by atoms with E-state index in [0.29, 0.717) is 5.92 Å². The number of nitrogens with zero attached hydrogens (tertiary/aromatic N) is 2. The first-order chi connectivity index (χ1) is 11.5. The van der Waals surface area contributed by atoms with E-state index in [0.717, 1.165) is 6.42 Å². The number of hydrogen-bond acceptors (Lipinski definition) is 2. The molecule has 2 aromatic rings. The van der Waals surface area contributed by atoms with Gasteiger partial charge >= 0.3 is 0 Å². The van der Waals surface area contributed by atoms with E-state index in [1.807, 2.05) is 24.7 Å². The number of aryl methyl sites for hydroxylation is 1. The fraction of sp³-hybridized carbons (Fsp3) is 0.565. The van der Waals surface area contributed by atoms with Gasteiger partial charge in [-0.05, 0) is 52.0 Å². The Kier molecular flexibility index (Phi) is 7.34. The molecule has 0 aromatic carbocycles. The first-order valence-corrected chi connectivity index (χ1v) is 9.37. The Morgan fingerprint density at radius 2 is 1.48 bits per heavy atom. The summed E-state index contributed by atoms with van der Waals surface area (Å²) in [5.41, 5.74) is 5.80. The zero-order chi connectivity index (χ0) is 19.3. The van der Waals surface area contributed by atoms with Crippen LogP contribution >= 0.6 is 0 Å². The highest BCUT2D eigenvalue weighted by molar-refractivity contribution is 5.30. The zero-order valence-electron chi connectivity index (χ0n) is 17.6. The van der Waals surface area contributed by atoms with Crippen LogP contribution in [0.25, 0.3) is 0 Å². The van der Waals surface area contributed by atoms with Crippen LogP contribution in [0.4, 0.5) is 0 Å². The van der Waals surface area contributed by atoms with Crippen LogP contribution < -0.4 is 0 Å². The lowest BCUT2D eigenvalue weighted by molar-refractivity contribution is 0.570. The van der Waals surface area contributed by atoms with Crippen molar-refractivity contribution in [2.75, 3.05) is 0 Å². The van der Waals surface area contributed by atoms with Crippen LogP contribution in [0, 0.1) is 0 Å². The van der Waals surface area contributed by atoms with Crippen molar-refractivity contribution in [1.29, 1.82) is 0 Å². The lowest BCUT2D eigenvalue weighted by Crippen LogP contribution is -2.15. The molecule has 2 heterocycles. The summed E-state index contributed by atoms with van der Waals surface area (Å²) in [5.74, 6) is 0.510. The minimum absolute atomic E-state index is 0.202. The lowest BCUT2D eigenvalue weighted by atomic mass is 9.83. The molecule has 0 aliphatic rings. The molecule has 0 N–H and O–H groups in total. The topological polar surface area (TPSA) is 25.8 Å². The third kappa shape index (κ3) is 6.26. The summed E-state index contributed by atoms with van der Waals surface area (Å²) in [4.78, 5) is 8.60. The molecule has 2 rings (SSSR count). The second-order valence-electron chi connectivity index (χ2n) is 8.98. The quantitative estimate of drug-likeness (QED) is 0.628. The first kappa shape index (κ1) is 21.3. The Morgan fingerprint density at radius 3 is 1.88 bits per heavy atom. The van der Waals surface area contributed by atoms with Crippen LogP contribution in [0.1, 0.15) is 90.6 Å². The summed E-state index contributed by atoms with van der Waals surface area (Å²) in [6.45, 7) is 19.9. The molecular formula is C23H36N2. The van der Waals surface area contributed by atoms with Gasteiger partial charge in [0.25, 0.3) is 0 Å². The molecule has 0 radical (unpaired) electrons. The molecular weight excluding hydrogens is 304 g/mol. The van der Waals surface area contributed by atoms with Gasteiger partial charge in [0.05, 0.1) is 0 Å². The number of rotatable bonds is 2. The molecule has 0 unspecified atom stereocenters. The Labute approximate surface area is 155 Å². The van der Waals surface area contributed by atoms with E-state index in [4.69, 9.17) is 0 Å². The Bertz CT molecular complexity index is 658. The van der Waals surface area contributed by atoms with Gasteiger partial charge in [-0.2, -0.15) is 0 Å². The molecule has 2 heteroatoms. The maximum atomic E-state index is 4.44. The Balaban J connectivity index is 0.000000251. The molecule has 0 saturated carbocycles. The fourth-order valence-electron chi connectivity index (χ4n) is 2.92. The van der Waals surface area contributed by atoms with E-state index < -0.39 is 0 Å². The first-order valence-electron chi connectivity index (χ1n) is 9.37. The molecule has 0 aliphatic carbocycles. The molecule has 0 aliphatic heterocycles. The van der Waals surface area contributed by atoms with Crippen molar-refractivity contribution in [3.05, 3.63) is 59.2 Å². The predicted octanol–water partition coefficient (Wildman–Crippen LogP) is 6.44. The van der Waals surface area contributed by atoms with Crippen molar-refractivity contribution in [1.82, 2.24) is 9.97 Å². The van der Waals surface area contributed by atoms with Gasteiger partial charge in [-0.3, -0.25) is 9.97 Å². The van der Waals surface area contributed by atoms with Gasteiger partial charge in [-0.15, -0.1) is 0 Å². The lowest BCUT2D eigenvalue weighted by Gasteiger charge is -2.23. The largest absolute Gasteiger partial charge is 0.264 e. The highest BCUT2D eigenvalue weighted by atomic mass is 14.7. The van der Waals surface area contributed by atoms with Crippen LogP contribution in [-0.2, 0) is 17.3 Å². The molecule has 25 heavy (non-hydrogen) atoms. The minimum Gasteiger partial charge on any atom is -0.264 e. The van der Waals surface area contributed by atoms with Crippen molar-refractivity contribution in [3.8, 4) is 0 Å². The summed E-state index contributed by atoms with van der Waals surface area (Å²) in [6, 6.07) is 6.31. The third-order valence-electron chi connectivity index (χ3n) is 4.29. The van der Waals surface area contributed by atoms with E-state index in [9.17, 15) is 0 Å². The summed E-state index contributed by atoms with van der Waals surface area (Å²) in [5, 5.41) is 0. The average molecular weight is 341 g/mol. The Hall–Kier alpha value is -1.70. The molecule has 0 fully saturated rings. The van der Waals surface area contributed by atoms with Crippen LogP contribution in [0.15, 0.2) is 36.8 Å². The molecule has 0 atom stereocenters. The predicted molar refractivity (Wildman–Crippen MR) is 109 cm³/mol. The van der Waals surface area contributed by atoms with E-state index >= 15 is 0 Å². The summed E-state index contributed by atoms with van der Waals surface area (Å²) >= 11 is 0. The summed E-state index contributed by atoms with van der Waals surface area (Å²) < 4.78 is 0. The van der Waals surface area contributed by atoms with Crippen molar-refractivity contribution in [2.24, 2.45) is 0 Å². The van der Waals surface area contributed by atoms with Gasteiger partial charge in [0.1, 0.15) is 0 Å². The molecule has 2 nitrogen and oxygen atoms in total. The summed E-state index contributed by atoms with van der Waals surface area (Å²) in [6.07, 6.45) is 6.83. The SMILES string of the molecule is CC(C)c1ncccc1C(C)(C)C.CCc1ccncc1C(C)(C)C. The highest BCUT2D eigenvalue weighted by Gasteiger charge is 2.19. The average Bonchev–Trinajstić information content (AvgIpc) is 2.53. The van der Waals surface area contributed by atoms with E-state index in [1.165, 1.54) is 22.4 Å². The third-order valence-corrected chi connectivity index (χ3v) is 4.29. The second kappa shape index (κ2) is 8.60. The van der Waals surface area contributed by atoms with Crippen LogP contribution in [0.3, 0.4) is 0 Å². The monoisotopic (exact) mass is 340 g/mol. The molecule has 0 spiro atoms. The van der Waals surface area contributed by atoms with Crippen molar-refractivity contribution >= 4 is 0 Å². The summed E-state index contributed by atoms with van der Waals surface area (Å²) in [7, 11) is 0. The van der Waals surface area contributed by atoms with Crippen LogP contribution in [0.5, 0.6) is 0 Å². The molecule has 0 bridgehead atoms. The second-order valence-corrected chi connectivity index (χ2v) is 8.98. The highest BCUT2D eigenvalue weighted by Crippen LogP contribution is 2.28. The van der Waals surface area contributed by atoms with Crippen LogP contribution in [0.2, 0.25) is 0 Å². The minimum atomic E-state index is 0.202. The fourth-order valence-corrected chi connectivity index (χ4v) is 2.92. The normalized spacial score (nSPS) is 11.9. The van der Waals surface area contributed by atoms with Crippen LogP contribution in [-0.4, -0.2) is 9.97 Å². The van der Waals surface area contributed by atoms with E-state index in [2.05, 4.69) is 84.4 Å².